The van der Waals surface area contributed by atoms with Gasteiger partial charge < -0.3 is 17.7 Å². The highest BCUT2D eigenvalue weighted by Gasteiger charge is 2.14. The van der Waals surface area contributed by atoms with E-state index in [4.69, 9.17) is 0 Å². The molecular weight excluding hydrogens is 269 g/mol. The van der Waals surface area contributed by atoms with Crippen LogP contribution in [0.3, 0.4) is 0 Å². The molecule has 0 aliphatic heterocycles. The molecular formula is C13H15ClFN3O. The Balaban J connectivity index is 0.00000180. The molecule has 0 atom stereocenters. The average molecular weight is 284 g/mol. The quantitative estimate of drug-likeness (QED) is 0.677. The number of para-hydroxylation sites is 1. The van der Waals surface area contributed by atoms with E-state index in [0.29, 0.717) is 0 Å². The zero-order valence-corrected chi connectivity index (χ0v) is 11.5. The first-order valence-corrected chi connectivity index (χ1v) is 5.63. The third-order valence-electron chi connectivity index (χ3n) is 2.86. The predicted molar refractivity (Wildman–Crippen MR) is 65.4 cm³/mol. The van der Waals surface area contributed by atoms with Crippen LogP contribution in [0.4, 0.5) is 10.1 Å². The third kappa shape index (κ3) is 3.54. The van der Waals surface area contributed by atoms with Crippen molar-refractivity contribution in [1.82, 2.24) is 4.57 Å². The third-order valence-corrected chi connectivity index (χ3v) is 2.86. The van der Waals surface area contributed by atoms with Crippen molar-refractivity contribution in [1.29, 1.82) is 0 Å². The lowest BCUT2D eigenvalue weighted by molar-refractivity contribution is -0.677. The number of anilines is 1. The number of nitrogens with zero attached hydrogens (tertiary/aromatic N) is 2. The average Bonchev–Trinajstić information content (AvgIpc) is 2.64. The normalized spacial score (nSPS) is 9.84. The molecule has 0 unspecified atom stereocenters. The first-order chi connectivity index (χ1) is 8.58. The maximum Gasteiger partial charge on any atom is 0.266 e. The molecule has 2 rings (SSSR count). The number of carbonyl (C=O) groups is 1. The zero-order chi connectivity index (χ0) is 13.1. The van der Waals surface area contributed by atoms with E-state index < -0.39 is 5.82 Å². The number of aromatic nitrogens is 2. The number of halogens is 2. The molecule has 4 nitrogen and oxygen atoms in total. The van der Waals surface area contributed by atoms with Crippen LogP contribution in [0.1, 0.15) is 5.82 Å². The number of hydrogen-bond donors (Lipinski definition) is 1. The fourth-order valence-corrected chi connectivity index (χ4v) is 1.67. The van der Waals surface area contributed by atoms with Crippen LogP contribution in [-0.4, -0.2) is 10.5 Å². The molecule has 6 heteroatoms. The summed E-state index contributed by atoms with van der Waals surface area (Å²) in [6, 6.07) is 6.12. The highest BCUT2D eigenvalue weighted by molar-refractivity contribution is 5.90. The Morgan fingerprint density at radius 1 is 1.42 bits per heavy atom. The van der Waals surface area contributed by atoms with Crippen molar-refractivity contribution in [2.24, 2.45) is 7.05 Å². The molecule has 0 saturated carbocycles. The molecule has 0 fully saturated rings. The fourth-order valence-electron chi connectivity index (χ4n) is 1.67. The Morgan fingerprint density at radius 2 is 2.11 bits per heavy atom. The van der Waals surface area contributed by atoms with Crippen LogP contribution in [0, 0.1) is 12.7 Å². The lowest BCUT2D eigenvalue weighted by Crippen LogP contribution is -3.00. The van der Waals surface area contributed by atoms with E-state index >= 15 is 0 Å². The lowest BCUT2D eigenvalue weighted by Gasteiger charge is -2.05. The van der Waals surface area contributed by atoms with Gasteiger partial charge in [0, 0.05) is 6.92 Å². The van der Waals surface area contributed by atoms with Crippen LogP contribution in [0.25, 0.3) is 0 Å². The minimum absolute atomic E-state index is 0. The predicted octanol–water partition coefficient (Wildman–Crippen LogP) is -1.60. The molecule has 102 valence electrons. The second kappa shape index (κ2) is 6.33. The molecule has 19 heavy (non-hydrogen) atoms. The van der Waals surface area contributed by atoms with Crippen LogP contribution in [0.5, 0.6) is 0 Å². The van der Waals surface area contributed by atoms with Crippen molar-refractivity contribution in [2.75, 3.05) is 5.32 Å². The molecule has 0 bridgehead atoms. The van der Waals surface area contributed by atoms with Crippen LogP contribution in [-0.2, 0) is 18.4 Å². The van der Waals surface area contributed by atoms with Gasteiger partial charge in [-0.05, 0) is 12.1 Å². The van der Waals surface area contributed by atoms with E-state index in [1.165, 1.54) is 12.1 Å². The van der Waals surface area contributed by atoms with Gasteiger partial charge in [-0.15, -0.1) is 0 Å². The maximum absolute atomic E-state index is 13.3. The van der Waals surface area contributed by atoms with Gasteiger partial charge in [-0.25, -0.2) is 13.5 Å². The zero-order valence-electron chi connectivity index (χ0n) is 10.7. The van der Waals surface area contributed by atoms with Gasteiger partial charge in [-0.3, -0.25) is 4.79 Å². The summed E-state index contributed by atoms with van der Waals surface area (Å²) in [6.07, 6.45) is 3.68. The molecule has 1 aromatic heterocycles. The number of aryl methyl sites for hydroxylation is 1. The summed E-state index contributed by atoms with van der Waals surface area (Å²) in [6.45, 7) is 2.08. The molecule has 2 aromatic rings. The lowest BCUT2D eigenvalue weighted by atomic mass is 10.3. The van der Waals surface area contributed by atoms with Gasteiger partial charge in [-0.1, -0.05) is 12.1 Å². The number of rotatable bonds is 3. The van der Waals surface area contributed by atoms with E-state index in [-0.39, 0.29) is 30.5 Å². The minimum atomic E-state index is -0.430. The largest absolute Gasteiger partial charge is 1.00 e. The van der Waals surface area contributed by atoms with Gasteiger partial charge in [0.1, 0.15) is 18.2 Å². The van der Waals surface area contributed by atoms with Gasteiger partial charge in [0.2, 0.25) is 0 Å². The van der Waals surface area contributed by atoms with Crippen molar-refractivity contribution in [3.63, 3.8) is 0 Å². The maximum atomic E-state index is 13.3. The Kier molecular flexibility index (Phi) is 5.06. The van der Waals surface area contributed by atoms with E-state index in [1.54, 1.807) is 16.7 Å². The molecule has 1 amide bonds. The van der Waals surface area contributed by atoms with Gasteiger partial charge in [-0.2, -0.15) is 0 Å². The summed E-state index contributed by atoms with van der Waals surface area (Å²) < 4.78 is 17.1. The molecule has 0 spiro atoms. The molecule has 1 aromatic carbocycles. The van der Waals surface area contributed by atoms with Crippen molar-refractivity contribution in [3.8, 4) is 0 Å². The number of imidazole rings is 1. The number of benzene rings is 1. The number of hydrogen-bond acceptors (Lipinski definition) is 1. The molecule has 1 N–H and O–H groups in total. The summed E-state index contributed by atoms with van der Waals surface area (Å²) in [5, 5.41) is 2.55. The van der Waals surface area contributed by atoms with Crippen LogP contribution >= 0.6 is 0 Å². The number of amides is 1. The second-order valence-electron chi connectivity index (χ2n) is 4.11. The first-order valence-electron chi connectivity index (χ1n) is 5.63. The molecule has 0 radical (unpaired) electrons. The van der Waals surface area contributed by atoms with Gasteiger partial charge in [0.25, 0.3) is 11.7 Å². The van der Waals surface area contributed by atoms with E-state index in [9.17, 15) is 9.18 Å². The van der Waals surface area contributed by atoms with Crippen LogP contribution in [0.15, 0.2) is 36.7 Å². The minimum Gasteiger partial charge on any atom is -1.00 e. The summed E-state index contributed by atoms with van der Waals surface area (Å²) in [5.74, 6) is 0.277. The highest BCUT2D eigenvalue weighted by Crippen LogP contribution is 2.12. The van der Waals surface area contributed by atoms with Gasteiger partial charge in [0.05, 0.1) is 12.7 Å². The van der Waals surface area contributed by atoms with Gasteiger partial charge >= 0.3 is 0 Å². The summed E-state index contributed by atoms with van der Waals surface area (Å²) in [7, 11) is 1.90. The van der Waals surface area contributed by atoms with E-state index in [2.05, 4.69) is 5.32 Å². The van der Waals surface area contributed by atoms with Crippen LogP contribution < -0.4 is 22.3 Å². The van der Waals surface area contributed by atoms with E-state index in [0.717, 1.165) is 5.82 Å². The smallest absolute Gasteiger partial charge is 0.266 e. The molecule has 0 saturated heterocycles. The SMILES string of the molecule is Cc1n(CC(=O)Nc2ccccc2F)cc[n+]1C.[Cl-]. The highest BCUT2D eigenvalue weighted by atomic mass is 35.5. The first kappa shape index (κ1) is 15.2. The summed E-state index contributed by atoms with van der Waals surface area (Å²) in [5.41, 5.74) is 0.205. The topological polar surface area (TPSA) is 37.9 Å². The molecule has 1 heterocycles. The van der Waals surface area contributed by atoms with Crippen LogP contribution in [0.2, 0.25) is 0 Å². The van der Waals surface area contributed by atoms with Crippen molar-refractivity contribution < 1.29 is 26.2 Å². The van der Waals surface area contributed by atoms with Crippen molar-refractivity contribution in [3.05, 3.63) is 48.3 Å². The Morgan fingerprint density at radius 3 is 2.68 bits per heavy atom. The standard InChI is InChI=1S/C13H14FN3O.ClH/c1-10-16(2)7-8-17(10)9-13(18)15-12-6-4-3-5-11(12)14;/h3-8H,9H2,1-2H3;1H. The summed E-state index contributed by atoms with van der Waals surface area (Å²) in [4.78, 5) is 11.8. The second-order valence-corrected chi connectivity index (χ2v) is 4.11. The molecule has 0 aliphatic rings. The molecule has 0 aliphatic carbocycles. The Bertz CT molecular complexity index is 583. The van der Waals surface area contributed by atoms with Gasteiger partial charge in [0.15, 0.2) is 6.54 Å². The Hall–Kier alpha value is -1.88. The van der Waals surface area contributed by atoms with Crippen molar-refractivity contribution in [2.45, 2.75) is 13.5 Å². The number of nitrogens with one attached hydrogen (secondary N) is 1. The van der Waals surface area contributed by atoms with E-state index in [1.807, 2.05) is 30.9 Å². The monoisotopic (exact) mass is 283 g/mol. The van der Waals surface area contributed by atoms with Crippen molar-refractivity contribution >= 4 is 11.6 Å². The fraction of sp³-hybridized carbons (Fsp3) is 0.231. The summed E-state index contributed by atoms with van der Waals surface area (Å²) >= 11 is 0. The Labute approximate surface area is 117 Å². The number of carbonyl (C=O) groups excluding carboxylic acids is 1.